The molecule has 0 amide bonds. The Balaban J connectivity index is 1.12. The zero-order chi connectivity index (χ0) is 19.4. The number of hydrogen-bond acceptors (Lipinski definition) is 6. The predicted octanol–water partition coefficient (Wildman–Crippen LogP) is 3.75. The molecule has 2 heterocycles. The van der Waals surface area contributed by atoms with Crippen molar-refractivity contribution in [3.8, 4) is 0 Å². The molecular weight excluding hydrogens is 396 g/mol. The van der Waals surface area contributed by atoms with E-state index in [1.807, 2.05) is 6.07 Å². The summed E-state index contributed by atoms with van der Waals surface area (Å²) >= 11 is 7.28. The van der Waals surface area contributed by atoms with Crippen molar-refractivity contribution in [1.82, 2.24) is 9.88 Å². The van der Waals surface area contributed by atoms with Crippen LogP contribution in [0, 0.1) is 5.92 Å². The van der Waals surface area contributed by atoms with Gasteiger partial charge < -0.3 is 19.5 Å². The standard InChI is InChI=1S/C21H27ClN2O3S/c22-20-23-13-18(28-20)15-26-19-12-17(19)14-27-21(25)7-10-24(11-8-21)9-6-16-4-2-1-3-5-16/h1-5,13,17,19,25H,6-12,14-15H2. The zero-order valence-electron chi connectivity index (χ0n) is 15.9. The Kier molecular flexibility index (Phi) is 6.66. The molecule has 0 radical (unpaired) electrons. The molecule has 1 aliphatic heterocycles. The van der Waals surface area contributed by atoms with E-state index in [2.05, 4.69) is 34.1 Å². The van der Waals surface area contributed by atoms with Crippen molar-refractivity contribution in [2.75, 3.05) is 26.2 Å². The molecular formula is C21H27ClN2O3S. The highest BCUT2D eigenvalue weighted by atomic mass is 35.5. The first-order valence-electron chi connectivity index (χ1n) is 9.94. The van der Waals surface area contributed by atoms with E-state index in [0.29, 0.717) is 36.4 Å². The van der Waals surface area contributed by atoms with Crippen LogP contribution in [0.5, 0.6) is 0 Å². The van der Waals surface area contributed by atoms with Gasteiger partial charge in [-0.05, 0) is 18.4 Å². The molecule has 28 heavy (non-hydrogen) atoms. The number of piperidine rings is 1. The number of likely N-dealkylation sites (tertiary alicyclic amines) is 1. The topological polar surface area (TPSA) is 54.8 Å². The molecule has 2 atom stereocenters. The second-order valence-corrected chi connectivity index (χ2v) is 9.46. The van der Waals surface area contributed by atoms with Gasteiger partial charge in [-0.25, -0.2) is 4.98 Å². The molecule has 152 valence electrons. The van der Waals surface area contributed by atoms with Gasteiger partial charge in [-0.3, -0.25) is 0 Å². The van der Waals surface area contributed by atoms with Crippen LogP contribution in [0.4, 0.5) is 0 Å². The fourth-order valence-electron chi connectivity index (χ4n) is 3.60. The van der Waals surface area contributed by atoms with E-state index in [4.69, 9.17) is 21.1 Å². The lowest BCUT2D eigenvalue weighted by Crippen LogP contribution is -2.46. The number of thiazole rings is 1. The lowest BCUT2D eigenvalue weighted by atomic mass is 10.0. The lowest BCUT2D eigenvalue weighted by molar-refractivity contribution is -0.229. The Labute approximate surface area is 175 Å². The van der Waals surface area contributed by atoms with Crippen molar-refractivity contribution in [1.29, 1.82) is 0 Å². The number of aliphatic hydroxyl groups is 1. The highest BCUT2D eigenvalue weighted by Gasteiger charge is 2.41. The molecule has 2 aliphatic rings. The Morgan fingerprint density at radius 2 is 2.04 bits per heavy atom. The Morgan fingerprint density at radius 1 is 1.25 bits per heavy atom. The third-order valence-corrected chi connectivity index (χ3v) is 6.67. The summed E-state index contributed by atoms with van der Waals surface area (Å²) in [6.07, 6.45) is 5.35. The van der Waals surface area contributed by atoms with Gasteiger partial charge in [0.15, 0.2) is 10.3 Å². The van der Waals surface area contributed by atoms with E-state index >= 15 is 0 Å². The molecule has 5 nitrogen and oxygen atoms in total. The molecule has 1 saturated carbocycles. The van der Waals surface area contributed by atoms with E-state index < -0.39 is 5.79 Å². The summed E-state index contributed by atoms with van der Waals surface area (Å²) in [6, 6.07) is 10.5. The highest BCUT2D eigenvalue weighted by Crippen LogP contribution is 2.37. The third-order valence-electron chi connectivity index (χ3n) is 5.59. The number of hydrogen-bond donors (Lipinski definition) is 1. The van der Waals surface area contributed by atoms with Crippen LogP contribution in [0.2, 0.25) is 4.47 Å². The normalized spacial score (nSPS) is 24.4. The Bertz CT molecular complexity index is 749. The van der Waals surface area contributed by atoms with Crippen molar-refractivity contribution in [2.45, 2.75) is 44.2 Å². The first-order valence-corrected chi connectivity index (χ1v) is 11.1. The monoisotopic (exact) mass is 422 g/mol. The molecule has 1 aromatic carbocycles. The summed E-state index contributed by atoms with van der Waals surface area (Å²) in [5, 5.41) is 10.7. The van der Waals surface area contributed by atoms with Gasteiger partial charge in [0.05, 0.1) is 24.2 Å². The van der Waals surface area contributed by atoms with Crippen LogP contribution in [0.3, 0.4) is 0 Å². The number of nitrogens with zero attached hydrogens (tertiary/aromatic N) is 2. The first kappa shape index (κ1) is 20.3. The third kappa shape index (κ3) is 5.75. The largest absolute Gasteiger partial charge is 0.372 e. The maximum Gasteiger partial charge on any atom is 0.183 e. The number of benzene rings is 1. The summed E-state index contributed by atoms with van der Waals surface area (Å²) in [5.74, 6) is -0.606. The average molecular weight is 423 g/mol. The van der Waals surface area contributed by atoms with Crippen LogP contribution >= 0.6 is 22.9 Å². The minimum atomic E-state index is -0.985. The number of halogens is 1. The molecule has 1 aliphatic carbocycles. The van der Waals surface area contributed by atoms with Gasteiger partial charge in [0.1, 0.15) is 0 Å². The molecule has 1 N–H and O–H groups in total. The second-order valence-electron chi connectivity index (χ2n) is 7.76. The number of rotatable bonds is 9. The van der Waals surface area contributed by atoms with E-state index in [0.717, 1.165) is 37.4 Å². The smallest absolute Gasteiger partial charge is 0.183 e. The van der Waals surface area contributed by atoms with Gasteiger partial charge in [0.2, 0.25) is 0 Å². The van der Waals surface area contributed by atoms with Gasteiger partial charge in [0, 0.05) is 44.6 Å². The van der Waals surface area contributed by atoms with Crippen molar-refractivity contribution in [3.63, 3.8) is 0 Å². The molecule has 0 bridgehead atoms. The minimum Gasteiger partial charge on any atom is -0.372 e. The van der Waals surface area contributed by atoms with Gasteiger partial charge in [-0.1, -0.05) is 41.9 Å². The molecule has 1 aromatic heterocycles. The second kappa shape index (κ2) is 9.20. The molecule has 2 aromatic rings. The SMILES string of the molecule is OC1(OCC2CC2OCc2cnc(Cl)s2)CCN(CCc2ccccc2)CC1. The number of ether oxygens (including phenoxy) is 2. The van der Waals surface area contributed by atoms with Crippen molar-refractivity contribution < 1.29 is 14.6 Å². The molecule has 2 fully saturated rings. The summed E-state index contributed by atoms with van der Waals surface area (Å²) in [6.45, 7) is 3.89. The van der Waals surface area contributed by atoms with Gasteiger partial charge in [-0.15, -0.1) is 11.3 Å². The van der Waals surface area contributed by atoms with Gasteiger partial charge >= 0.3 is 0 Å². The number of aromatic nitrogens is 1. The van der Waals surface area contributed by atoms with Crippen molar-refractivity contribution in [2.24, 2.45) is 5.92 Å². The van der Waals surface area contributed by atoms with Crippen LogP contribution in [-0.2, 0) is 22.5 Å². The molecule has 2 unspecified atom stereocenters. The molecule has 0 spiro atoms. The highest BCUT2D eigenvalue weighted by molar-refractivity contribution is 7.15. The summed E-state index contributed by atoms with van der Waals surface area (Å²) in [5.41, 5.74) is 1.36. The zero-order valence-corrected chi connectivity index (χ0v) is 17.5. The van der Waals surface area contributed by atoms with E-state index in [1.165, 1.54) is 16.9 Å². The molecule has 1 saturated heterocycles. The van der Waals surface area contributed by atoms with Crippen LogP contribution in [0.25, 0.3) is 0 Å². The van der Waals surface area contributed by atoms with E-state index in [9.17, 15) is 5.11 Å². The van der Waals surface area contributed by atoms with Crippen LogP contribution in [0.15, 0.2) is 36.5 Å². The average Bonchev–Trinajstić information content (AvgIpc) is 3.35. The van der Waals surface area contributed by atoms with Crippen molar-refractivity contribution in [3.05, 3.63) is 51.4 Å². The quantitative estimate of drug-likeness (QED) is 0.624. The predicted molar refractivity (Wildman–Crippen MR) is 111 cm³/mol. The first-order chi connectivity index (χ1) is 13.6. The fraction of sp³-hybridized carbons (Fsp3) is 0.571. The maximum absolute atomic E-state index is 10.7. The molecule has 4 rings (SSSR count). The summed E-state index contributed by atoms with van der Waals surface area (Å²) in [7, 11) is 0. The summed E-state index contributed by atoms with van der Waals surface area (Å²) in [4.78, 5) is 7.47. The Morgan fingerprint density at radius 3 is 2.75 bits per heavy atom. The minimum absolute atomic E-state index is 0.218. The Hall–Kier alpha value is -1.02. The van der Waals surface area contributed by atoms with Crippen LogP contribution in [-0.4, -0.2) is 53.1 Å². The maximum atomic E-state index is 10.7. The summed E-state index contributed by atoms with van der Waals surface area (Å²) < 4.78 is 12.3. The van der Waals surface area contributed by atoms with E-state index in [1.54, 1.807) is 6.20 Å². The van der Waals surface area contributed by atoms with Crippen LogP contribution in [0.1, 0.15) is 29.7 Å². The lowest BCUT2D eigenvalue weighted by Gasteiger charge is -2.38. The van der Waals surface area contributed by atoms with Gasteiger partial charge in [-0.2, -0.15) is 0 Å². The van der Waals surface area contributed by atoms with Crippen molar-refractivity contribution >= 4 is 22.9 Å². The fourth-order valence-corrected chi connectivity index (χ4v) is 4.50. The van der Waals surface area contributed by atoms with E-state index in [-0.39, 0.29) is 6.10 Å². The van der Waals surface area contributed by atoms with Gasteiger partial charge in [0.25, 0.3) is 0 Å². The molecule has 7 heteroatoms. The van der Waals surface area contributed by atoms with Crippen LogP contribution < -0.4 is 0 Å².